The number of benzene rings is 1. The molecule has 8 nitrogen and oxygen atoms in total. The van der Waals surface area contributed by atoms with Crippen LogP contribution in [0.25, 0.3) is 22.7 Å². The van der Waals surface area contributed by atoms with E-state index in [0.29, 0.717) is 5.82 Å². The summed E-state index contributed by atoms with van der Waals surface area (Å²) < 4.78 is 7.59. The maximum Gasteiger partial charge on any atom is 0.248 e. The molecular formula is C22H22N6O2. The van der Waals surface area contributed by atoms with Gasteiger partial charge < -0.3 is 14.4 Å². The molecular weight excluding hydrogens is 380 g/mol. The molecule has 1 saturated heterocycles. The molecule has 4 heterocycles. The Morgan fingerprint density at radius 1 is 1.13 bits per heavy atom. The van der Waals surface area contributed by atoms with Crippen molar-refractivity contribution in [2.24, 2.45) is 7.05 Å². The summed E-state index contributed by atoms with van der Waals surface area (Å²) in [6.07, 6.45) is 3.62. The molecule has 0 aliphatic carbocycles. The van der Waals surface area contributed by atoms with E-state index in [1.165, 1.54) is 11.6 Å². The zero-order valence-electron chi connectivity index (χ0n) is 16.9. The maximum absolute atomic E-state index is 11.7. The highest BCUT2D eigenvalue weighted by Crippen LogP contribution is 2.37. The van der Waals surface area contributed by atoms with E-state index < -0.39 is 0 Å². The summed E-state index contributed by atoms with van der Waals surface area (Å²) in [7, 11) is 1.92. The molecule has 1 aliphatic heterocycles. The Labute approximate surface area is 173 Å². The second-order valence-corrected chi connectivity index (χ2v) is 7.66. The van der Waals surface area contributed by atoms with E-state index >= 15 is 0 Å². The van der Waals surface area contributed by atoms with Crippen LogP contribution in [0.4, 0.5) is 5.95 Å². The summed E-state index contributed by atoms with van der Waals surface area (Å²) in [6.45, 7) is 2.92. The van der Waals surface area contributed by atoms with Crippen LogP contribution in [-0.2, 0) is 7.05 Å². The summed E-state index contributed by atoms with van der Waals surface area (Å²) in [5.74, 6) is 2.18. The van der Waals surface area contributed by atoms with Gasteiger partial charge in [-0.1, -0.05) is 28.9 Å². The van der Waals surface area contributed by atoms with E-state index in [1.807, 2.05) is 35.9 Å². The van der Waals surface area contributed by atoms with Crippen LogP contribution in [0.5, 0.6) is 0 Å². The Kier molecular flexibility index (Phi) is 4.46. The molecule has 0 unspecified atom stereocenters. The minimum absolute atomic E-state index is 0.0715. The van der Waals surface area contributed by atoms with Crippen LogP contribution < -0.4 is 10.5 Å². The monoisotopic (exact) mass is 402 g/mol. The van der Waals surface area contributed by atoms with Crippen LogP contribution in [0.15, 0.2) is 58.0 Å². The van der Waals surface area contributed by atoms with Gasteiger partial charge in [0, 0.05) is 43.0 Å². The average Bonchev–Trinajstić information content (AvgIpc) is 3.47. The number of aromatic nitrogens is 5. The number of pyridine rings is 1. The molecule has 5 rings (SSSR count). The quantitative estimate of drug-likeness (QED) is 0.562. The highest BCUT2D eigenvalue weighted by molar-refractivity contribution is 5.59. The van der Waals surface area contributed by atoms with Crippen molar-refractivity contribution in [3.8, 4) is 22.7 Å². The van der Waals surface area contributed by atoms with Gasteiger partial charge >= 0.3 is 0 Å². The van der Waals surface area contributed by atoms with Gasteiger partial charge in [-0.05, 0) is 31.9 Å². The topological polar surface area (TPSA) is 92.8 Å². The fraction of sp³-hybridized carbons (Fsp3) is 0.273. The minimum Gasteiger partial charge on any atom is -0.356 e. The van der Waals surface area contributed by atoms with Crippen LogP contribution in [0.1, 0.15) is 30.1 Å². The van der Waals surface area contributed by atoms with Crippen molar-refractivity contribution in [1.82, 2.24) is 24.9 Å². The van der Waals surface area contributed by atoms with Crippen LogP contribution in [0, 0.1) is 6.92 Å². The van der Waals surface area contributed by atoms with Crippen molar-refractivity contribution in [1.29, 1.82) is 0 Å². The van der Waals surface area contributed by atoms with Crippen molar-refractivity contribution in [2.75, 3.05) is 11.4 Å². The van der Waals surface area contributed by atoms with Gasteiger partial charge in [-0.15, -0.1) is 10.2 Å². The normalized spacial score (nSPS) is 16.3. The number of hydrogen-bond donors (Lipinski definition) is 1. The summed E-state index contributed by atoms with van der Waals surface area (Å²) in [5.41, 5.74) is 3.67. The van der Waals surface area contributed by atoms with E-state index in [9.17, 15) is 4.79 Å². The minimum atomic E-state index is -0.164. The van der Waals surface area contributed by atoms with Crippen molar-refractivity contribution in [2.45, 2.75) is 25.8 Å². The Hall–Kier alpha value is -3.68. The molecule has 0 spiro atoms. The second kappa shape index (κ2) is 7.29. The maximum atomic E-state index is 11.7. The van der Waals surface area contributed by atoms with Gasteiger partial charge in [0.15, 0.2) is 11.6 Å². The highest BCUT2D eigenvalue weighted by atomic mass is 16.5. The Bertz CT molecular complexity index is 1250. The fourth-order valence-electron chi connectivity index (χ4n) is 4.10. The molecule has 0 bridgehead atoms. The molecule has 1 atom stereocenters. The first-order chi connectivity index (χ1) is 14.6. The number of nitrogens with zero attached hydrogens (tertiary/aromatic N) is 5. The molecule has 30 heavy (non-hydrogen) atoms. The average molecular weight is 402 g/mol. The lowest BCUT2D eigenvalue weighted by Crippen LogP contribution is -2.25. The predicted octanol–water partition coefficient (Wildman–Crippen LogP) is 3.48. The molecule has 0 saturated carbocycles. The van der Waals surface area contributed by atoms with Crippen molar-refractivity contribution < 1.29 is 4.52 Å². The standard InChI is InChI=1S/C22H22N6O2/c1-14-5-3-6-15(11-14)19-13-17(26-30-19)18-7-4-10-28(18)22-25-24-21(27(22)2)16-8-9-23-20(29)12-16/h3,5-6,8-9,11-13,18H,4,7,10H2,1-2H3,(H,23,29)/t18-/m1/s1. The Balaban J connectivity index is 1.46. The van der Waals surface area contributed by atoms with Crippen LogP contribution in [0.3, 0.4) is 0 Å². The highest BCUT2D eigenvalue weighted by Gasteiger charge is 2.32. The molecule has 3 aromatic heterocycles. The van der Waals surface area contributed by atoms with E-state index in [4.69, 9.17) is 4.52 Å². The second-order valence-electron chi connectivity index (χ2n) is 7.66. The molecule has 8 heteroatoms. The SMILES string of the molecule is Cc1cccc(-c2cc([C@H]3CCCN3c3nnc(-c4cc[nH]c(=O)c4)n3C)no2)c1. The number of H-pyrrole nitrogens is 1. The molecule has 1 fully saturated rings. The molecule has 0 amide bonds. The lowest BCUT2D eigenvalue weighted by molar-refractivity contribution is 0.416. The van der Waals surface area contributed by atoms with Crippen molar-refractivity contribution in [3.05, 3.63) is 70.3 Å². The van der Waals surface area contributed by atoms with Crippen LogP contribution >= 0.6 is 0 Å². The Morgan fingerprint density at radius 2 is 2.03 bits per heavy atom. The van der Waals surface area contributed by atoms with Gasteiger partial charge in [0.25, 0.3) is 0 Å². The van der Waals surface area contributed by atoms with Gasteiger partial charge in [-0.3, -0.25) is 9.36 Å². The third kappa shape index (κ3) is 3.20. The smallest absolute Gasteiger partial charge is 0.248 e. The van der Waals surface area contributed by atoms with Crippen LogP contribution in [-0.4, -0.2) is 31.4 Å². The lowest BCUT2D eigenvalue weighted by Gasteiger charge is -2.23. The first-order valence-electron chi connectivity index (χ1n) is 9.99. The van der Waals surface area contributed by atoms with E-state index in [1.54, 1.807) is 6.20 Å². The van der Waals surface area contributed by atoms with Crippen molar-refractivity contribution >= 4 is 5.95 Å². The fourth-order valence-corrected chi connectivity index (χ4v) is 4.10. The molecule has 1 aromatic carbocycles. The first kappa shape index (κ1) is 18.4. The van der Waals surface area contributed by atoms with E-state index in [2.05, 4.69) is 44.3 Å². The lowest BCUT2D eigenvalue weighted by atomic mass is 10.1. The third-order valence-electron chi connectivity index (χ3n) is 5.57. The Morgan fingerprint density at radius 3 is 2.87 bits per heavy atom. The summed E-state index contributed by atoms with van der Waals surface area (Å²) in [6, 6.07) is 13.6. The van der Waals surface area contributed by atoms with Gasteiger partial charge in [-0.2, -0.15) is 0 Å². The zero-order chi connectivity index (χ0) is 20.7. The van der Waals surface area contributed by atoms with Crippen molar-refractivity contribution in [3.63, 3.8) is 0 Å². The molecule has 1 aliphatic rings. The number of aryl methyl sites for hydroxylation is 1. The van der Waals surface area contributed by atoms with Gasteiger partial charge in [0.05, 0.1) is 6.04 Å². The number of rotatable bonds is 4. The van der Waals surface area contributed by atoms with Gasteiger partial charge in [0.2, 0.25) is 11.5 Å². The number of aromatic amines is 1. The number of hydrogen-bond acceptors (Lipinski definition) is 6. The summed E-state index contributed by atoms with van der Waals surface area (Å²) in [5, 5.41) is 13.1. The number of anilines is 1. The molecule has 152 valence electrons. The van der Waals surface area contributed by atoms with Crippen LogP contribution in [0.2, 0.25) is 0 Å². The molecule has 0 radical (unpaired) electrons. The third-order valence-corrected chi connectivity index (χ3v) is 5.57. The largest absolute Gasteiger partial charge is 0.356 e. The predicted molar refractivity (Wildman–Crippen MR) is 113 cm³/mol. The molecule has 4 aromatic rings. The van der Waals surface area contributed by atoms with E-state index in [0.717, 1.165) is 47.9 Å². The van der Waals surface area contributed by atoms with E-state index in [-0.39, 0.29) is 11.6 Å². The zero-order valence-corrected chi connectivity index (χ0v) is 16.9. The van der Waals surface area contributed by atoms with Gasteiger partial charge in [0.1, 0.15) is 5.69 Å². The first-order valence-corrected chi connectivity index (χ1v) is 9.99. The molecule has 1 N–H and O–H groups in total. The summed E-state index contributed by atoms with van der Waals surface area (Å²) >= 11 is 0. The number of nitrogens with one attached hydrogen (secondary N) is 1. The summed E-state index contributed by atoms with van der Waals surface area (Å²) in [4.78, 5) is 16.5. The van der Waals surface area contributed by atoms with Gasteiger partial charge in [-0.25, -0.2) is 0 Å².